The highest BCUT2D eigenvalue weighted by Crippen LogP contribution is 2.10. The predicted octanol–water partition coefficient (Wildman–Crippen LogP) is -0.732. The molecule has 3 N–H and O–H groups in total. The first-order chi connectivity index (χ1) is 10.1. The van der Waals surface area contributed by atoms with Crippen molar-refractivity contribution in [3.05, 3.63) is 35.4 Å². The van der Waals surface area contributed by atoms with Crippen LogP contribution in [0.25, 0.3) is 0 Å². The summed E-state index contributed by atoms with van der Waals surface area (Å²) < 4.78 is 0. The van der Waals surface area contributed by atoms with E-state index in [1.54, 1.807) is 6.92 Å². The molecular weight excluding hydrogens is 266 g/mol. The van der Waals surface area contributed by atoms with E-state index < -0.39 is 6.04 Å². The Morgan fingerprint density at radius 2 is 2.00 bits per heavy atom. The van der Waals surface area contributed by atoms with Crippen molar-refractivity contribution in [3.8, 4) is 0 Å². The number of fused-ring (bicyclic) bond motifs is 1. The summed E-state index contributed by atoms with van der Waals surface area (Å²) in [6.07, 6.45) is 1.00. The second-order valence-corrected chi connectivity index (χ2v) is 5.56. The summed E-state index contributed by atoms with van der Waals surface area (Å²) in [5, 5.41) is 5.47. The molecular formula is C16H24N3O2+. The molecule has 0 aliphatic carbocycles. The van der Waals surface area contributed by atoms with Crippen LogP contribution < -0.4 is 15.5 Å². The molecule has 5 heteroatoms. The Kier molecular flexibility index (Phi) is 5.33. The highest BCUT2D eigenvalue weighted by molar-refractivity contribution is 5.87. The normalized spacial score (nSPS) is 18.5. The average Bonchev–Trinajstić information content (AvgIpc) is 2.47. The quantitative estimate of drug-likeness (QED) is 0.669. The second kappa shape index (κ2) is 7.22. The Morgan fingerprint density at radius 1 is 1.29 bits per heavy atom. The molecule has 0 bridgehead atoms. The third-order valence-corrected chi connectivity index (χ3v) is 3.84. The molecule has 0 radical (unpaired) electrons. The van der Waals surface area contributed by atoms with E-state index in [-0.39, 0.29) is 11.8 Å². The van der Waals surface area contributed by atoms with Crippen LogP contribution in [-0.2, 0) is 22.6 Å². The number of amides is 2. The summed E-state index contributed by atoms with van der Waals surface area (Å²) in [6, 6.07) is 7.91. The maximum atomic E-state index is 12.0. The lowest BCUT2D eigenvalue weighted by Gasteiger charge is -2.25. The number of benzene rings is 1. The van der Waals surface area contributed by atoms with Crippen molar-refractivity contribution in [1.29, 1.82) is 0 Å². The molecule has 21 heavy (non-hydrogen) atoms. The van der Waals surface area contributed by atoms with E-state index in [2.05, 4.69) is 28.8 Å². The molecule has 2 rings (SSSR count). The van der Waals surface area contributed by atoms with Crippen molar-refractivity contribution < 1.29 is 14.5 Å². The van der Waals surface area contributed by atoms with E-state index in [0.29, 0.717) is 13.1 Å². The maximum Gasteiger partial charge on any atom is 0.275 e. The molecule has 114 valence electrons. The molecule has 2 amide bonds. The van der Waals surface area contributed by atoms with Gasteiger partial charge >= 0.3 is 0 Å². The summed E-state index contributed by atoms with van der Waals surface area (Å²) in [4.78, 5) is 24.9. The van der Waals surface area contributed by atoms with Gasteiger partial charge in [0.1, 0.15) is 12.6 Å². The van der Waals surface area contributed by atoms with Gasteiger partial charge in [-0.2, -0.15) is 0 Å². The van der Waals surface area contributed by atoms with Gasteiger partial charge in [-0.25, -0.2) is 0 Å². The fourth-order valence-corrected chi connectivity index (χ4v) is 2.71. The van der Waals surface area contributed by atoms with Crippen molar-refractivity contribution in [2.24, 2.45) is 0 Å². The number of likely N-dealkylation sites (N-methyl/N-ethyl adjacent to an activating group) is 1. The Bertz CT molecular complexity index is 516. The Morgan fingerprint density at radius 3 is 2.71 bits per heavy atom. The van der Waals surface area contributed by atoms with Gasteiger partial charge in [0.05, 0.1) is 6.54 Å². The van der Waals surface area contributed by atoms with Crippen LogP contribution in [0.3, 0.4) is 0 Å². The zero-order valence-electron chi connectivity index (χ0n) is 12.7. The van der Waals surface area contributed by atoms with E-state index in [1.807, 2.05) is 13.0 Å². The van der Waals surface area contributed by atoms with Crippen molar-refractivity contribution >= 4 is 11.8 Å². The van der Waals surface area contributed by atoms with Gasteiger partial charge in [-0.15, -0.1) is 0 Å². The van der Waals surface area contributed by atoms with Gasteiger partial charge in [-0.05, 0) is 19.4 Å². The highest BCUT2D eigenvalue weighted by Gasteiger charge is 2.23. The van der Waals surface area contributed by atoms with E-state index >= 15 is 0 Å². The topological polar surface area (TPSA) is 62.6 Å². The van der Waals surface area contributed by atoms with Crippen molar-refractivity contribution in [1.82, 2.24) is 10.6 Å². The minimum Gasteiger partial charge on any atom is -0.355 e. The smallest absolute Gasteiger partial charge is 0.275 e. The molecule has 0 aromatic heterocycles. The lowest BCUT2D eigenvalue weighted by Crippen LogP contribution is -3.13. The third kappa shape index (κ3) is 4.29. The first kappa shape index (κ1) is 15.5. The third-order valence-electron chi connectivity index (χ3n) is 3.84. The van der Waals surface area contributed by atoms with E-state index in [4.69, 9.17) is 0 Å². The first-order valence-corrected chi connectivity index (χ1v) is 7.57. The lowest BCUT2D eigenvalue weighted by atomic mass is 10.00. The van der Waals surface area contributed by atoms with Crippen molar-refractivity contribution in [3.63, 3.8) is 0 Å². The zero-order valence-corrected chi connectivity index (χ0v) is 12.7. The van der Waals surface area contributed by atoms with E-state index in [0.717, 1.165) is 19.5 Å². The SMILES string of the molecule is CCNC(=O)[C@@H](C)NC(=O)C[NH+]1CCc2ccccc2C1. The maximum absolute atomic E-state index is 12.0. The number of hydrogen-bond acceptors (Lipinski definition) is 2. The van der Waals surface area contributed by atoms with Crippen molar-refractivity contribution in [2.45, 2.75) is 32.9 Å². The molecule has 0 fully saturated rings. The Hall–Kier alpha value is -1.88. The number of carbonyl (C=O) groups is 2. The van der Waals surface area contributed by atoms with Gasteiger partial charge in [-0.3, -0.25) is 9.59 Å². The van der Waals surface area contributed by atoms with E-state index in [1.165, 1.54) is 16.0 Å². The van der Waals surface area contributed by atoms with Crippen molar-refractivity contribution in [2.75, 3.05) is 19.6 Å². The molecule has 0 saturated heterocycles. The fraction of sp³-hybridized carbons (Fsp3) is 0.500. The van der Waals surface area contributed by atoms with Crippen LogP contribution in [0.15, 0.2) is 24.3 Å². The van der Waals surface area contributed by atoms with Crippen LogP contribution in [0, 0.1) is 0 Å². The number of hydrogen-bond donors (Lipinski definition) is 3. The molecule has 0 saturated carbocycles. The summed E-state index contributed by atoms with van der Waals surface area (Å²) in [5.41, 5.74) is 2.71. The summed E-state index contributed by atoms with van der Waals surface area (Å²) in [6.45, 7) is 6.40. The van der Waals surface area contributed by atoms with Gasteiger partial charge < -0.3 is 15.5 Å². The summed E-state index contributed by atoms with van der Waals surface area (Å²) >= 11 is 0. The molecule has 1 heterocycles. The number of nitrogens with one attached hydrogen (secondary N) is 3. The highest BCUT2D eigenvalue weighted by atomic mass is 16.2. The molecule has 5 nitrogen and oxygen atoms in total. The standard InChI is InChI=1S/C16H23N3O2/c1-3-17-16(21)12(2)18-15(20)11-19-9-8-13-6-4-5-7-14(13)10-19/h4-7,12H,3,8-11H2,1-2H3,(H,17,21)(H,18,20)/p+1/t12-/m1/s1. The van der Waals surface area contributed by atoms with Crippen LogP contribution in [0.4, 0.5) is 0 Å². The van der Waals surface area contributed by atoms with E-state index in [9.17, 15) is 9.59 Å². The molecule has 2 atom stereocenters. The van der Waals surface area contributed by atoms with Crippen LogP contribution >= 0.6 is 0 Å². The van der Waals surface area contributed by atoms with Gasteiger partial charge in [0.25, 0.3) is 5.91 Å². The number of rotatable bonds is 5. The first-order valence-electron chi connectivity index (χ1n) is 7.57. The van der Waals surface area contributed by atoms with Gasteiger partial charge in [0.15, 0.2) is 6.54 Å². The van der Waals surface area contributed by atoms with Gasteiger partial charge in [0.2, 0.25) is 5.91 Å². The van der Waals surface area contributed by atoms with Gasteiger partial charge in [-0.1, -0.05) is 24.3 Å². The molecule has 1 aliphatic rings. The second-order valence-electron chi connectivity index (χ2n) is 5.56. The number of carbonyl (C=O) groups excluding carboxylic acids is 2. The summed E-state index contributed by atoms with van der Waals surface area (Å²) in [5.74, 6) is -0.201. The Labute approximate surface area is 125 Å². The Balaban J connectivity index is 1.83. The largest absolute Gasteiger partial charge is 0.355 e. The van der Waals surface area contributed by atoms with Crippen LogP contribution in [0.1, 0.15) is 25.0 Å². The molecule has 1 aromatic rings. The average molecular weight is 290 g/mol. The molecule has 1 aliphatic heterocycles. The van der Waals surface area contributed by atoms with Crippen LogP contribution in [0.5, 0.6) is 0 Å². The predicted molar refractivity (Wildman–Crippen MR) is 80.8 cm³/mol. The molecule has 1 unspecified atom stereocenters. The van der Waals surface area contributed by atoms with Crippen LogP contribution in [0.2, 0.25) is 0 Å². The zero-order chi connectivity index (χ0) is 15.2. The molecule has 1 aromatic carbocycles. The van der Waals surface area contributed by atoms with Gasteiger partial charge in [0, 0.05) is 18.5 Å². The fourth-order valence-electron chi connectivity index (χ4n) is 2.71. The minimum absolute atomic E-state index is 0.0665. The summed E-state index contributed by atoms with van der Waals surface area (Å²) in [7, 11) is 0. The lowest BCUT2D eigenvalue weighted by molar-refractivity contribution is -0.908. The van der Waals surface area contributed by atoms with Crippen LogP contribution in [-0.4, -0.2) is 37.5 Å². The monoisotopic (exact) mass is 290 g/mol. The minimum atomic E-state index is -0.478. The number of quaternary nitrogens is 1. The molecule has 0 spiro atoms.